The minimum absolute atomic E-state index is 0.195. The number of pyridine rings is 1. The Morgan fingerprint density at radius 2 is 2.04 bits per heavy atom. The molecule has 0 N–H and O–H groups in total. The van der Waals surface area contributed by atoms with Gasteiger partial charge in [-0.2, -0.15) is 4.31 Å². The molecule has 0 aliphatic heterocycles. The number of fused-ring (bicyclic) bond motifs is 1. The van der Waals surface area contributed by atoms with Crippen LogP contribution < -0.4 is 0 Å². The van der Waals surface area contributed by atoms with Crippen molar-refractivity contribution in [2.75, 3.05) is 20.3 Å². The average Bonchev–Trinajstić information content (AvgIpc) is 3.11. The van der Waals surface area contributed by atoms with Crippen LogP contribution in [0.25, 0.3) is 10.9 Å². The molecule has 6 nitrogen and oxygen atoms in total. The maximum Gasteiger partial charge on any atom is 0.245 e. The SMILES string of the molecule is COCCN(Cc1ccoc1)S(=O)(=O)c1cccc2cccnc12. The molecular formula is C17H18N2O4S. The second-order valence-corrected chi connectivity index (χ2v) is 7.20. The van der Waals surface area contributed by atoms with Crippen molar-refractivity contribution in [1.29, 1.82) is 0 Å². The van der Waals surface area contributed by atoms with Gasteiger partial charge in [0.15, 0.2) is 0 Å². The molecule has 0 amide bonds. The predicted molar refractivity (Wildman–Crippen MR) is 89.9 cm³/mol. The Bertz CT molecular complexity index is 902. The highest BCUT2D eigenvalue weighted by atomic mass is 32.2. The van der Waals surface area contributed by atoms with Gasteiger partial charge in [0, 0.05) is 37.3 Å². The van der Waals surface area contributed by atoms with Crippen LogP contribution >= 0.6 is 0 Å². The topological polar surface area (TPSA) is 72.6 Å². The smallest absolute Gasteiger partial charge is 0.245 e. The van der Waals surface area contributed by atoms with E-state index in [2.05, 4.69) is 4.98 Å². The first kappa shape index (κ1) is 16.6. The van der Waals surface area contributed by atoms with Gasteiger partial charge in [-0.3, -0.25) is 4.98 Å². The fourth-order valence-corrected chi connectivity index (χ4v) is 4.06. The van der Waals surface area contributed by atoms with Gasteiger partial charge >= 0.3 is 0 Å². The first-order valence-corrected chi connectivity index (χ1v) is 8.91. The van der Waals surface area contributed by atoms with E-state index in [4.69, 9.17) is 9.15 Å². The number of methoxy groups -OCH3 is 1. The summed E-state index contributed by atoms with van der Waals surface area (Å²) in [7, 11) is -2.18. The molecular weight excluding hydrogens is 328 g/mol. The number of nitrogens with zero attached hydrogens (tertiary/aromatic N) is 2. The lowest BCUT2D eigenvalue weighted by Crippen LogP contribution is -2.33. The summed E-state index contributed by atoms with van der Waals surface area (Å²) in [6.45, 7) is 0.758. The van der Waals surface area contributed by atoms with E-state index in [1.807, 2.05) is 12.1 Å². The number of furan rings is 1. The normalized spacial score (nSPS) is 12.1. The van der Waals surface area contributed by atoms with Gasteiger partial charge in [0.25, 0.3) is 0 Å². The van der Waals surface area contributed by atoms with Crippen molar-refractivity contribution in [2.24, 2.45) is 0 Å². The lowest BCUT2D eigenvalue weighted by molar-refractivity contribution is 0.177. The second kappa shape index (κ2) is 7.12. The molecule has 0 radical (unpaired) electrons. The van der Waals surface area contributed by atoms with Crippen LogP contribution in [-0.2, 0) is 21.3 Å². The molecule has 2 aromatic heterocycles. The number of aromatic nitrogens is 1. The Kier molecular flexibility index (Phi) is 4.94. The van der Waals surface area contributed by atoms with Crippen LogP contribution in [-0.4, -0.2) is 38.0 Å². The van der Waals surface area contributed by atoms with E-state index >= 15 is 0 Å². The Labute approximate surface area is 140 Å². The third-order valence-electron chi connectivity index (χ3n) is 3.70. The summed E-state index contributed by atoms with van der Waals surface area (Å²) < 4.78 is 37.8. The zero-order valence-electron chi connectivity index (χ0n) is 13.3. The molecule has 24 heavy (non-hydrogen) atoms. The molecule has 7 heteroatoms. The number of rotatable bonds is 7. The quantitative estimate of drug-likeness (QED) is 0.658. The highest BCUT2D eigenvalue weighted by molar-refractivity contribution is 7.89. The number of sulfonamides is 1. The summed E-state index contributed by atoms with van der Waals surface area (Å²) in [4.78, 5) is 4.45. The summed E-state index contributed by atoms with van der Waals surface area (Å²) in [6.07, 6.45) is 4.66. The van der Waals surface area contributed by atoms with Gasteiger partial charge in [-0.05, 0) is 18.2 Å². The molecule has 0 atom stereocenters. The van der Waals surface area contributed by atoms with Gasteiger partial charge in [-0.1, -0.05) is 18.2 Å². The van der Waals surface area contributed by atoms with Crippen LogP contribution in [0.2, 0.25) is 0 Å². The lowest BCUT2D eigenvalue weighted by Gasteiger charge is -2.22. The molecule has 126 valence electrons. The molecule has 0 spiro atoms. The van der Waals surface area contributed by atoms with Gasteiger partial charge in [0.1, 0.15) is 4.90 Å². The lowest BCUT2D eigenvalue weighted by atomic mass is 10.2. The molecule has 1 aromatic carbocycles. The van der Waals surface area contributed by atoms with Crippen LogP contribution in [0.3, 0.4) is 0 Å². The highest BCUT2D eigenvalue weighted by Crippen LogP contribution is 2.25. The summed E-state index contributed by atoms with van der Waals surface area (Å²) in [5.74, 6) is 0. The molecule has 0 saturated heterocycles. The second-order valence-electron chi connectivity index (χ2n) is 5.29. The predicted octanol–water partition coefficient (Wildman–Crippen LogP) is 2.67. The van der Waals surface area contributed by atoms with E-state index in [9.17, 15) is 8.42 Å². The Morgan fingerprint density at radius 1 is 1.21 bits per heavy atom. The molecule has 0 aliphatic carbocycles. The van der Waals surface area contributed by atoms with Crippen LogP contribution in [0.1, 0.15) is 5.56 Å². The van der Waals surface area contributed by atoms with Crippen LogP contribution in [0.4, 0.5) is 0 Å². The minimum Gasteiger partial charge on any atom is -0.472 e. The number of hydrogen-bond donors (Lipinski definition) is 0. The molecule has 0 saturated carbocycles. The average molecular weight is 346 g/mol. The first-order chi connectivity index (χ1) is 11.6. The van der Waals surface area contributed by atoms with E-state index in [1.54, 1.807) is 37.6 Å². The fourth-order valence-electron chi connectivity index (χ4n) is 2.49. The number of hydrogen-bond acceptors (Lipinski definition) is 5. The Hall–Kier alpha value is -2.22. The Morgan fingerprint density at radius 3 is 2.79 bits per heavy atom. The molecule has 0 aliphatic rings. The minimum atomic E-state index is -3.73. The van der Waals surface area contributed by atoms with Crippen molar-refractivity contribution < 1.29 is 17.6 Å². The van der Waals surface area contributed by atoms with E-state index in [0.717, 1.165) is 10.9 Å². The summed E-state index contributed by atoms with van der Waals surface area (Å²) >= 11 is 0. The Balaban J connectivity index is 2.03. The van der Waals surface area contributed by atoms with Crippen LogP contribution in [0.15, 0.2) is 64.4 Å². The van der Waals surface area contributed by atoms with Crippen LogP contribution in [0.5, 0.6) is 0 Å². The zero-order valence-corrected chi connectivity index (χ0v) is 14.1. The van der Waals surface area contributed by atoms with Crippen molar-refractivity contribution in [3.8, 4) is 0 Å². The van der Waals surface area contributed by atoms with Gasteiger partial charge in [-0.15, -0.1) is 0 Å². The third kappa shape index (κ3) is 3.33. The highest BCUT2D eigenvalue weighted by Gasteiger charge is 2.27. The third-order valence-corrected chi connectivity index (χ3v) is 5.57. The monoisotopic (exact) mass is 346 g/mol. The van der Waals surface area contributed by atoms with Gasteiger partial charge in [0.05, 0.1) is 24.6 Å². The molecule has 0 bridgehead atoms. The number of para-hydroxylation sites is 1. The molecule has 0 fully saturated rings. The van der Waals surface area contributed by atoms with E-state index in [1.165, 1.54) is 16.8 Å². The fraction of sp³-hybridized carbons (Fsp3) is 0.235. The van der Waals surface area contributed by atoms with Crippen molar-refractivity contribution in [2.45, 2.75) is 11.4 Å². The van der Waals surface area contributed by atoms with Crippen LogP contribution in [0, 0.1) is 0 Å². The van der Waals surface area contributed by atoms with Crippen molar-refractivity contribution in [1.82, 2.24) is 9.29 Å². The van der Waals surface area contributed by atoms with Crippen molar-refractivity contribution in [3.63, 3.8) is 0 Å². The maximum atomic E-state index is 13.2. The first-order valence-electron chi connectivity index (χ1n) is 7.47. The van der Waals surface area contributed by atoms with E-state index in [-0.39, 0.29) is 18.0 Å². The maximum absolute atomic E-state index is 13.2. The van der Waals surface area contributed by atoms with Crippen molar-refractivity contribution in [3.05, 3.63) is 60.7 Å². The van der Waals surface area contributed by atoms with E-state index in [0.29, 0.717) is 12.1 Å². The number of ether oxygens (including phenoxy) is 1. The van der Waals surface area contributed by atoms with E-state index < -0.39 is 10.0 Å². The summed E-state index contributed by atoms with van der Waals surface area (Å²) in [6, 6.07) is 10.5. The molecule has 3 rings (SSSR count). The summed E-state index contributed by atoms with van der Waals surface area (Å²) in [5.41, 5.74) is 1.25. The molecule has 2 heterocycles. The largest absolute Gasteiger partial charge is 0.472 e. The zero-order chi connectivity index (χ0) is 17.0. The van der Waals surface area contributed by atoms with Crippen molar-refractivity contribution >= 4 is 20.9 Å². The molecule has 0 unspecified atom stereocenters. The molecule has 3 aromatic rings. The van der Waals surface area contributed by atoms with Gasteiger partial charge < -0.3 is 9.15 Å². The van der Waals surface area contributed by atoms with Gasteiger partial charge in [0.2, 0.25) is 10.0 Å². The van der Waals surface area contributed by atoms with Gasteiger partial charge in [-0.25, -0.2) is 8.42 Å². The summed E-state index contributed by atoms with van der Waals surface area (Å²) in [5, 5.41) is 0.786. The number of benzene rings is 1. The standard InChI is InChI=1S/C17H18N2O4S/c1-22-11-9-19(12-14-7-10-23-13-14)24(20,21)16-6-2-4-15-5-3-8-18-17(15)16/h2-8,10,13H,9,11-12H2,1H3.